The van der Waals surface area contributed by atoms with E-state index in [-0.39, 0.29) is 11.1 Å². The number of hydrogen-bond donors (Lipinski definition) is 0. The summed E-state index contributed by atoms with van der Waals surface area (Å²) in [4.78, 5) is 11.3. The molecule has 0 aliphatic carbocycles. The van der Waals surface area contributed by atoms with Crippen LogP contribution in [0.5, 0.6) is 5.75 Å². The Kier molecular flexibility index (Phi) is 7.64. The van der Waals surface area contributed by atoms with Crippen molar-refractivity contribution in [1.82, 2.24) is 0 Å². The van der Waals surface area contributed by atoms with Crippen LogP contribution in [-0.4, -0.2) is 33.9 Å². The van der Waals surface area contributed by atoms with E-state index in [4.69, 9.17) is 13.9 Å². The highest BCUT2D eigenvalue weighted by atomic mass is 28.4. The van der Waals surface area contributed by atoms with Gasteiger partial charge in [0.1, 0.15) is 18.1 Å². The van der Waals surface area contributed by atoms with Gasteiger partial charge < -0.3 is 18.7 Å². The topological polar surface area (TPSA) is 44.8 Å². The van der Waals surface area contributed by atoms with Gasteiger partial charge in [0, 0.05) is 12.5 Å². The first-order chi connectivity index (χ1) is 11.1. The average Bonchev–Trinajstić information content (AvgIpc) is 2.50. The molecule has 0 saturated carbocycles. The molecule has 0 fully saturated rings. The van der Waals surface area contributed by atoms with Crippen molar-refractivity contribution in [2.45, 2.75) is 71.1 Å². The van der Waals surface area contributed by atoms with E-state index in [1.807, 2.05) is 31.2 Å². The van der Waals surface area contributed by atoms with Gasteiger partial charge in [0.2, 0.25) is 0 Å². The number of carbonyl (C=O) groups excluding carboxylic acids is 1. The zero-order valence-electron chi connectivity index (χ0n) is 16.1. The van der Waals surface area contributed by atoms with E-state index in [1.54, 1.807) is 7.11 Å². The SMILES string of the molecule is COc1ccc(CO[C@H](C=O)C[C@@H](C)O[Si](C)(C)C(C)(C)C)cc1. The Balaban J connectivity index is 2.53. The molecule has 1 aromatic carbocycles. The second kappa shape index (κ2) is 8.79. The van der Waals surface area contributed by atoms with Crippen molar-refractivity contribution < 1.29 is 18.7 Å². The van der Waals surface area contributed by atoms with E-state index in [0.717, 1.165) is 17.6 Å². The van der Waals surface area contributed by atoms with Crippen molar-refractivity contribution in [2.75, 3.05) is 7.11 Å². The maximum atomic E-state index is 11.3. The fourth-order valence-corrected chi connectivity index (χ4v) is 3.60. The number of aldehydes is 1. The summed E-state index contributed by atoms with van der Waals surface area (Å²) < 4.78 is 17.2. The molecule has 0 unspecified atom stereocenters. The summed E-state index contributed by atoms with van der Waals surface area (Å²) in [5.41, 5.74) is 1.01. The smallest absolute Gasteiger partial charge is 0.192 e. The fourth-order valence-electron chi connectivity index (χ4n) is 2.14. The minimum absolute atomic E-state index is 0.00282. The highest BCUT2D eigenvalue weighted by Gasteiger charge is 2.38. The molecule has 5 heteroatoms. The molecule has 0 N–H and O–H groups in total. The largest absolute Gasteiger partial charge is 0.497 e. The highest BCUT2D eigenvalue weighted by molar-refractivity contribution is 6.74. The Morgan fingerprint density at radius 1 is 1.17 bits per heavy atom. The molecule has 0 radical (unpaired) electrons. The molecule has 136 valence electrons. The number of methoxy groups -OCH3 is 1. The predicted molar refractivity (Wildman–Crippen MR) is 100.0 cm³/mol. The van der Waals surface area contributed by atoms with Crippen LogP contribution >= 0.6 is 0 Å². The Labute approximate surface area is 147 Å². The predicted octanol–water partition coefficient (Wildman–Crippen LogP) is 4.58. The maximum Gasteiger partial charge on any atom is 0.192 e. The van der Waals surface area contributed by atoms with Gasteiger partial charge in [-0.1, -0.05) is 32.9 Å². The molecule has 0 spiro atoms. The lowest BCUT2D eigenvalue weighted by Gasteiger charge is -2.38. The van der Waals surface area contributed by atoms with Gasteiger partial charge >= 0.3 is 0 Å². The third-order valence-corrected chi connectivity index (χ3v) is 9.25. The first kappa shape index (κ1) is 20.9. The van der Waals surface area contributed by atoms with Crippen LogP contribution < -0.4 is 4.74 Å². The van der Waals surface area contributed by atoms with Gasteiger partial charge in [-0.15, -0.1) is 0 Å². The summed E-state index contributed by atoms with van der Waals surface area (Å²) in [5.74, 6) is 0.807. The summed E-state index contributed by atoms with van der Waals surface area (Å²) in [6.45, 7) is 13.5. The van der Waals surface area contributed by atoms with Crippen molar-refractivity contribution in [1.29, 1.82) is 0 Å². The summed E-state index contributed by atoms with van der Waals surface area (Å²) in [5, 5.41) is 0.155. The van der Waals surface area contributed by atoms with Gasteiger partial charge in [-0.05, 0) is 42.8 Å². The van der Waals surface area contributed by atoms with Crippen molar-refractivity contribution in [3.63, 3.8) is 0 Å². The Morgan fingerprint density at radius 3 is 2.21 bits per heavy atom. The average molecular weight is 353 g/mol. The van der Waals surface area contributed by atoms with Gasteiger partial charge in [-0.2, -0.15) is 0 Å². The fraction of sp³-hybridized carbons (Fsp3) is 0.632. The second-order valence-electron chi connectivity index (χ2n) is 7.76. The number of benzene rings is 1. The van der Waals surface area contributed by atoms with Crippen LogP contribution in [0.1, 0.15) is 39.7 Å². The minimum Gasteiger partial charge on any atom is -0.497 e. The Morgan fingerprint density at radius 2 is 1.75 bits per heavy atom. The monoisotopic (exact) mass is 352 g/mol. The van der Waals surface area contributed by atoms with Crippen molar-refractivity contribution in [2.24, 2.45) is 0 Å². The van der Waals surface area contributed by atoms with E-state index in [1.165, 1.54) is 0 Å². The lowest BCUT2D eigenvalue weighted by atomic mass is 10.2. The van der Waals surface area contributed by atoms with Crippen LogP contribution in [0.15, 0.2) is 24.3 Å². The van der Waals surface area contributed by atoms with Crippen molar-refractivity contribution in [3.8, 4) is 5.75 Å². The van der Waals surface area contributed by atoms with Crippen LogP contribution in [-0.2, 0) is 20.6 Å². The molecular formula is C19H32O4Si. The van der Waals surface area contributed by atoms with Gasteiger partial charge in [-0.25, -0.2) is 0 Å². The molecule has 2 atom stereocenters. The van der Waals surface area contributed by atoms with E-state index < -0.39 is 14.4 Å². The third kappa shape index (κ3) is 6.38. The van der Waals surface area contributed by atoms with Gasteiger partial charge in [-0.3, -0.25) is 0 Å². The normalized spacial score (nSPS) is 15.0. The van der Waals surface area contributed by atoms with E-state index in [9.17, 15) is 4.79 Å². The van der Waals surface area contributed by atoms with Crippen molar-refractivity contribution in [3.05, 3.63) is 29.8 Å². The molecule has 0 bridgehead atoms. The summed E-state index contributed by atoms with van der Waals surface area (Å²) >= 11 is 0. The minimum atomic E-state index is -1.83. The second-order valence-corrected chi connectivity index (χ2v) is 12.5. The van der Waals surface area contributed by atoms with E-state index >= 15 is 0 Å². The molecule has 0 aliphatic heterocycles. The summed E-state index contributed by atoms with van der Waals surface area (Å²) in [6.07, 6.45) is 0.991. The molecule has 0 aromatic heterocycles. The van der Waals surface area contributed by atoms with Crippen LogP contribution in [0.3, 0.4) is 0 Å². The zero-order valence-corrected chi connectivity index (χ0v) is 17.1. The zero-order chi connectivity index (χ0) is 18.4. The van der Waals surface area contributed by atoms with Gasteiger partial charge in [0.25, 0.3) is 0 Å². The molecule has 1 aromatic rings. The molecular weight excluding hydrogens is 320 g/mol. The number of hydrogen-bond acceptors (Lipinski definition) is 4. The molecule has 4 nitrogen and oxygen atoms in total. The molecule has 1 rings (SSSR count). The highest BCUT2D eigenvalue weighted by Crippen LogP contribution is 2.37. The van der Waals surface area contributed by atoms with Crippen LogP contribution in [0, 0.1) is 0 Å². The summed E-state index contributed by atoms with van der Waals surface area (Å²) in [6, 6.07) is 7.65. The number of rotatable bonds is 9. The Bertz CT molecular complexity index is 505. The lowest BCUT2D eigenvalue weighted by molar-refractivity contribution is -0.120. The van der Waals surface area contributed by atoms with E-state index in [2.05, 4.69) is 33.9 Å². The molecule has 0 heterocycles. The quantitative estimate of drug-likeness (QED) is 0.482. The van der Waals surface area contributed by atoms with Crippen LogP contribution in [0.4, 0.5) is 0 Å². The molecule has 24 heavy (non-hydrogen) atoms. The number of carbonyl (C=O) groups is 1. The van der Waals surface area contributed by atoms with E-state index in [0.29, 0.717) is 13.0 Å². The number of ether oxygens (including phenoxy) is 2. The lowest BCUT2D eigenvalue weighted by Crippen LogP contribution is -2.44. The standard InChI is InChI=1S/C19H32O4Si/c1-15(23-24(6,7)19(2,3)4)12-18(13-20)22-14-16-8-10-17(21-5)11-9-16/h8-11,13,15,18H,12,14H2,1-7H3/t15-,18+/m1/s1. The molecule has 0 saturated heterocycles. The first-order valence-electron chi connectivity index (χ1n) is 8.46. The van der Waals surface area contributed by atoms with Crippen LogP contribution in [0.2, 0.25) is 18.1 Å². The first-order valence-corrected chi connectivity index (χ1v) is 11.4. The van der Waals surface area contributed by atoms with Crippen molar-refractivity contribution >= 4 is 14.6 Å². The molecule has 0 aliphatic rings. The molecule has 0 amide bonds. The van der Waals surface area contributed by atoms with Gasteiger partial charge in [0.05, 0.1) is 13.7 Å². The van der Waals surface area contributed by atoms with Crippen LogP contribution in [0.25, 0.3) is 0 Å². The van der Waals surface area contributed by atoms with Gasteiger partial charge in [0.15, 0.2) is 8.32 Å². The maximum absolute atomic E-state index is 11.3. The third-order valence-electron chi connectivity index (χ3n) is 4.64. The Hall–Kier alpha value is -1.17. The summed E-state index contributed by atoms with van der Waals surface area (Å²) in [7, 11) is -0.194.